The van der Waals surface area contributed by atoms with Crippen LogP contribution in [-0.2, 0) is 6.54 Å². The summed E-state index contributed by atoms with van der Waals surface area (Å²) < 4.78 is 13.7. The van der Waals surface area contributed by atoms with Crippen molar-refractivity contribution in [3.05, 3.63) is 71.7 Å². The van der Waals surface area contributed by atoms with E-state index in [0.29, 0.717) is 23.9 Å². The van der Waals surface area contributed by atoms with Gasteiger partial charge in [0.05, 0.1) is 0 Å². The molecule has 112 valence electrons. The predicted molar refractivity (Wildman–Crippen MR) is 82.9 cm³/mol. The maximum Gasteiger partial charge on any atom is 0.177 e. The fourth-order valence-corrected chi connectivity index (χ4v) is 2.20. The summed E-state index contributed by atoms with van der Waals surface area (Å²) in [5, 5.41) is 11.4. The van der Waals surface area contributed by atoms with Crippen LogP contribution in [0.4, 0.5) is 4.39 Å². The van der Waals surface area contributed by atoms with Crippen molar-refractivity contribution in [2.45, 2.75) is 19.4 Å². The normalized spacial score (nSPS) is 14.7. The third-order valence-electron chi connectivity index (χ3n) is 3.56. The van der Waals surface area contributed by atoms with Gasteiger partial charge in [0.25, 0.3) is 0 Å². The van der Waals surface area contributed by atoms with Crippen molar-refractivity contribution in [2.75, 3.05) is 0 Å². The molecule has 0 aliphatic heterocycles. The standard InChI is InChI=1S/C17H17FN4/c18-14-5-2-1-4-13(14)11-22-16(12-6-7-12)10-15(19)17-20-8-3-9-21-17/h1-5,8-10,12,19,22H,6-7,11H2/b16-10-,19-15?. The van der Waals surface area contributed by atoms with Gasteiger partial charge in [-0.3, -0.25) is 5.41 Å². The summed E-state index contributed by atoms with van der Waals surface area (Å²) in [4.78, 5) is 8.15. The number of hydrogen-bond acceptors (Lipinski definition) is 4. The molecule has 1 saturated carbocycles. The second-order valence-electron chi connectivity index (χ2n) is 5.30. The molecule has 3 rings (SSSR count). The lowest BCUT2D eigenvalue weighted by molar-refractivity contribution is 0.598. The molecular formula is C17H17FN4. The van der Waals surface area contributed by atoms with Gasteiger partial charge in [-0.2, -0.15) is 0 Å². The van der Waals surface area contributed by atoms with Crippen LogP contribution in [0.5, 0.6) is 0 Å². The lowest BCUT2D eigenvalue weighted by atomic mass is 10.1. The molecule has 4 nitrogen and oxygen atoms in total. The van der Waals surface area contributed by atoms with Crippen molar-refractivity contribution in [2.24, 2.45) is 5.92 Å². The van der Waals surface area contributed by atoms with Gasteiger partial charge in [-0.05, 0) is 37.0 Å². The number of aromatic nitrogens is 2. The number of benzene rings is 1. The quantitative estimate of drug-likeness (QED) is 0.805. The maximum atomic E-state index is 13.7. The summed E-state index contributed by atoms with van der Waals surface area (Å²) in [6.07, 6.45) is 7.19. The second-order valence-corrected chi connectivity index (χ2v) is 5.30. The summed E-state index contributed by atoms with van der Waals surface area (Å²) in [7, 11) is 0. The van der Waals surface area contributed by atoms with Crippen LogP contribution in [0.1, 0.15) is 24.2 Å². The van der Waals surface area contributed by atoms with Gasteiger partial charge >= 0.3 is 0 Å². The minimum absolute atomic E-state index is 0.216. The van der Waals surface area contributed by atoms with Crippen LogP contribution in [0.3, 0.4) is 0 Å². The first kappa shape index (κ1) is 14.4. The van der Waals surface area contributed by atoms with Crippen LogP contribution < -0.4 is 5.32 Å². The fraction of sp³-hybridized carbons (Fsp3) is 0.235. The Morgan fingerprint density at radius 3 is 2.64 bits per heavy atom. The van der Waals surface area contributed by atoms with Gasteiger partial charge in [-0.15, -0.1) is 0 Å². The molecule has 2 aromatic rings. The minimum Gasteiger partial charge on any atom is -0.384 e. The van der Waals surface area contributed by atoms with Crippen molar-refractivity contribution < 1.29 is 4.39 Å². The molecule has 22 heavy (non-hydrogen) atoms. The molecule has 1 heterocycles. The van der Waals surface area contributed by atoms with E-state index in [2.05, 4.69) is 15.3 Å². The van der Waals surface area contributed by atoms with E-state index in [1.165, 1.54) is 6.07 Å². The first-order chi connectivity index (χ1) is 10.7. The summed E-state index contributed by atoms with van der Waals surface area (Å²) in [5.74, 6) is 0.607. The largest absolute Gasteiger partial charge is 0.384 e. The Kier molecular flexibility index (Phi) is 4.23. The fourth-order valence-electron chi connectivity index (χ4n) is 2.20. The molecule has 0 spiro atoms. The first-order valence-corrected chi connectivity index (χ1v) is 7.29. The van der Waals surface area contributed by atoms with Gasteiger partial charge in [0.1, 0.15) is 11.5 Å². The van der Waals surface area contributed by atoms with Crippen LogP contribution in [0, 0.1) is 17.1 Å². The average Bonchev–Trinajstić information content (AvgIpc) is 3.38. The van der Waals surface area contributed by atoms with Crippen molar-refractivity contribution in [1.82, 2.24) is 15.3 Å². The predicted octanol–water partition coefficient (Wildman–Crippen LogP) is 3.07. The summed E-state index contributed by atoms with van der Waals surface area (Å²) >= 11 is 0. The number of nitrogens with zero attached hydrogens (tertiary/aromatic N) is 2. The molecule has 0 bridgehead atoms. The van der Waals surface area contributed by atoms with Crippen molar-refractivity contribution in [1.29, 1.82) is 5.41 Å². The highest BCUT2D eigenvalue weighted by Gasteiger charge is 2.26. The second kappa shape index (κ2) is 6.47. The number of halogens is 1. The summed E-state index contributed by atoms with van der Waals surface area (Å²) in [6.45, 7) is 0.415. The lowest BCUT2D eigenvalue weighted by Crippen LogP contribution is -2.17. The Morgan fingerprint density at radius 1 is 1.23 bits per heavy atom. The molecule has 5 heteroatoms. The third-order valence-corrected chi connectivity index (χ3v) is 3.56. The zero-order valence-corrected chi connectivity index (χ0v) is 12.1. The molecule has 0 unspecified atom stereocenters. The maximum absolute atomic E-state index is 13.7. The van der Waals surface area contributed by atoms with Crippen molar-refractivity contribution in [3.63, 3.8) is 0 Å². The van der Waals surface area contributed by atoms with Crippen LogP contribution >= 0.6 is 0 Å². The van der Waals surface area contributed by atoms with E-state index in [9.17, 15) is 4.39 Å². The molecule has 0 amide bonds. The van der Waals surface area contributed by atoms with E-state index in [1.54, 1.807) is 36.7 Å². The van der Waals surface area contributed by atoms with E-state index in [0.717, 1.165) is 18.5 Å². The Bertz CT molecular complexity index is 693. The van der Waals surface area contributed by atoms with Gasteiger partial charge in [-0.1, -0.05) is 18.2 Å². The monoisotopic (exact) mass is 296 g/mol. The average molecular weight is 296 g/mol. The van der Waals surface area contributed by atoms with Crippen LogP contribution in [0.25, 0.3) is 0 Å². The Hall–Kier alpha value is -2.56. The zero-order valence-electron chi connectivity index (χ0n) is 12.1. The molecular weight excluding hydrogens is 279 g/mol. The Morgan fingerprint density at radius 2 is 1.95 bits per heavy atom. The molecule has 0 saturated heterocycles. The highest BCUT2D eigenvalue weighted by molar-refractivity contribution is 6.04. The molecule has 1 aromatic heterocycles. The topological polar surface area (TPSA) is 61.7 Å². The minimum atomic E-state index is -0.216. The van der Waals surface area contributed by atoms with Gasteiger partial charge in [-0.25, -0.2) is 14.4 Å². The van der Waals surface area contributed by atoms with Crippen molar-refractivity contribution in [3.8, 4) is 0 Å². The smallest absolute Gasteiger partial charge is 0.177 e. The third kappa shape index (κ3) is 3.55. The Labute approximate surface area is 128 Å². The number of allylic oxidation sites excluding steroid dienone is 2. The number of hydrogen-bond donors (Lipinski definition) is 2. The zero-order chi connectivity index (χ0) is 15.4. The molecule has 1 aliphatic carbocycles. The molecule has 2 N–H and O–H groups in total. The first-order valence-electron chi connectivity index (χ1n) is 7.29. The SMILES string of the molecule is N=C(/C=C(\NCc1ccccc1F)C1CC1)c1ncccn1. The lowest BCUT2D eigenvalue weighted by Gasteiger charge is -2.11. The molecule has 1 aromatic carbocycles. The van der Waals surface area contributed by atoms with Crippen LogP contribution in [0.2, 0.25) is 0 Å². The van der Waals surface area contributed by atoms with E-state index in [4.69, 9.17) is 5.41 Å². The molecule has 1 fully saturated rings. The molecule has 0 radical (unpaired) electrons. The van der Waals surface area contributed by atoms with Crippen molar-refractivity contribution >= 4 is 5.71 Å². The van der Waals surface area contributed by atoms with Crippen LogP contribution in [-0.4, -0.2) is 15.7 Å². The summed E-state index contributed by atoms with van der Waals surface area (Å²) in [5.41, 5.74) is 1.85. The summed E-state index contributed by atoms with van der Waals surface area (Å²) in [6, 6.07) is 8.44. The number of rotatable bonds is 6. The molecule has 1 aliphatic rings. The number of nitrogens with one attached hydrogen (secondary N) is 2. The van der Waals surface area contributed by atoms with Gasteiger partial charge in [0.15, 0.2) is 5.82 Å². The van der Waals surface area contributed by atoms with E-state index in [-0.39, 0.29) is 11.5 Å². The van der Waals surface area contributed by atoms with Crippen LogP contribution in [0.15, 0.2) is 54.5 Å². The van der Waals surface area contributed by atoms with E-state index < -0.39 is 0 Å². The Balaban J connectivity index is 1.72. The highest BCUT2D eigenvalue weighted by atomic mass is 19.1. The van der Waals surface area contributed by atoms with Gasteiger partial charge in [0.2, 0.25) is 0 Å². The van der Waals surface area contributed by atoms with E-state index in [1.807, 2.05) is 6.07 Å². The molecule has 0 atom stereocenters. The van der Waals surface area contributed by atoms with Gasteiger partial charge in [0, 0.05) is 30.2 Å². The van der Waals surface area contributed by atoms with E-state index >= 15 is 0 Å². The van der Waals surface area contributed by atoms with Gasteiger partial charge < -0.3 is 5.32 Å². The highest BCUT2D eigenvalue weighted by Crippen LogP contribution is 2.35.